The zero-order chi connectivity index (χ0) is 14.7. The van der Waals surface area contributed by atoms with Crippen LogP contribution in [-0.2, 0) is 4.74 Å². The highest BCUT2D eigenvalue weighted by Crippen LogP contribution is 2.33. The molecular weight excluding hydrogens is 278 g/mol. The lowest BCUT2D eigenvalue weighted by Crippen LogP contribution is -2.06. The van der Waals surface area contributed by atoms with Gasteiger partial charge in [0.25, 0.3) is 0 Å². The minimum Gasteiger partial charge on any atom is -0.465 e. The molecule has 0 bridgehead atoms. The summed E-state index contributed by atoms with van der Waals surface area (Å²) in [6.45, 7) is 1.89. The summed E-state index contributed by atoms with van der Waals surface area (Å²) < 4.78 is 10.4. The van der Waals surface area contributed by atoms with Gasteiger partial charge in [-0.1, -0.05) is 23.7 Å². The number of nitrogens with two attached hydrogens (primary N) is 1. The van der Waals surface area contributed by atoms with E-state index in [1.807, 2.05) is 13.0 Å². The van der Waals surface area contributed by atoms with Crippen molar-refractivity contribution in [2.75, 3.05) is 12.8 Å². The molecule has 104 valence electrons. The number of carbonyl (C=O) groups excluding carboxylic acids is 1. The predicted molar refractivity (Wildman–Crippen MR) is 78.5 cm³/mol. The molecule has 2 rings (SSSR count). The lowest BCUT2D eigenvalue weighted by molar-refractivity contribution is 0.0601. The number of carbonyl (C=O) groups is 1. The topological polar surface area (TPSA) is 61.5 Å². The second-order valence-corrected chi connectivity index (χ2v) is 4.66. The average molecular weight is 292 g/mol. The molecule has 2 aromatic rings. The molecule has 2 N–H and O–H groups in total. The number of benzene rings is 2. The number of rotatable bonds is 3. The van der Waals surface area contributed by atoms with Crippen LogP contribution >= 0.6 is 11.6 Å². The van der Waals surface area contributed by atoms with Gasteiger partial charge in [0.2, 0.25) is 0 Å². The van der Waals surface area contributed by atoms with Crippen molar-refractivity contribution in [3.8, 4) is 11.5 Å². The van der Waals surface area contributed by atoms with Gasteiger partial charge in [0, 0.05) is 5.02 Å². The second kappa shape index (κ2) is 5.84. The summed E-state index contributed by atoms with van der Waals surface area (Å²) in [5, 5.41) is 0.563. The standard InChI is InChI=1S/C15H14ClNO3/c1-9-6-7-10(16)8-13(9)20-12-5-3-4-11(14(12)17)15(18)19-2/h3-8H,17H2,1-2H3. The maximum absolute atomic E-state index is 11.6. The van der Waals surface area contributed by atoms with Crippen LogP contribution in [0.1, 0.15) is 15.9 Å². The van der Waals surface area contributed by atoms with Crippen molar-refractivity contribution < 1.29 is 14.3 Å². The number of methoxy groups -OCH3 is 1. The number of hydrogen-bond acceptors (Lipinski definition) is 4. The van der Waals surface area contributed by atoms with Crippen LogP contribution in [0.5, 0.6) is 11.5 Å². The van der Waals surface area contributed by atoms with Crippen LogP contribution in [0.15, 0.2) is 36.4 Å². The molecule has 0 heterocycles. The van der Waals surface area contributed by atoms with Crippen LogP contribution in [0.25, 0.3) is 0 Å². The number of aryl methyl sites for hydroxylation is 1. The maximum Gasteiger partial charge on any atom is 0.340 e. The van der Waals surface area contributed by atoms with E-state index >= 15 is 0 Å². The smallest absolute Gasteiger partial charge is 0.340 e. The van der Waals surface area contributed by atoms with Crippen molar-refractivity contribution in [3.63, 3.8) is 0 Å². The zero-order valence-electron chi connectivity index (χ0n) is 11.1. The Kier molecular flexibility index (Phi) is 4.15. The molecule has 0 unspecified atom stereocenters. The highest BCUT2D eigenvalue weighted by Gasteiger charge is 2.14. The Hall–Kier alpha value is -2.20. The number of hydrogen-bond donors (Lipinski definition) is 1. The van der Waals surface area contributed by atoms with Crippen molar-refractivity contribution in [2.45, 2.75) is 6.92 Å². The van der Waals surface area contributed by atoms with Crippen LogP contribution in [0.4, 0.5) is 5.69 Å². The van der Waals surface area contributed by atoms with Crippen molar-refractivity contribution in [1.82, 2.24) is 0 Å². The van der Waals surface area contributed by atoms with E-state index < -0.39 is 5.97 Å². The molecule has 20 heavy (non-hydrogen) atoms. The van der Waals surface area contributed by atoms with Gasteiger partial charge in [-0.2, -0.15) is 0 Å². The zero-order valence-corrected chi connectivity index (χ0v) is 11.9. The first kappa shape index (κ1) is 14.2. The molecule has 0 aliphatic rings. The van der Waals surface area contributed by atoms with Crippen molar-refractivity contribution in [2.24, 2.45) is 0 Å². The predicted octanol–water partition coefficient (Wildman–Crippen LogP) is 3.81. The summed E-state index contributed by atoms with van der Waals surface area (Å²) in [5.41, 5.74) is 7.35. The number of ether oxygens (including phenoxy) is 2. The first-order chi connectivity index (χ1) is 9.52. The molecule has 0 aliphatic heterocycles. The van der Waals surface area contributed by atoms with Gasteiger partial charge in [0.05, 0.1) is 18.4 Å². The molecule has 5 heteroatoms. The minimum absolute atomic E-state index is 0.235. The molecule has 0 amide bonds. The third kappa shape index (κ3) is 2.86. The van der Waals surface area contributed by atoms with E-state index in [1.54, 1.807) is 30.3 Å². The molecule has 0 radical (unpaired) electrons. The summed E-state index contributed by atoms with van der Waals surface area (Å²) in [5.74, 6) is 0.472. The number of anilines is 1. The maximum atomic E-state index is 11.6. The Bertz CT molecular complexity index is 656. The van der Waals surface area contributed by atoms with E-state index in [9.17, 15) is 4.79 Å². The van der Waals surface area contributed by atoms with Gasteiger partial charge in [-0.3, -0.25) is 0 Å². The number of nitrogen functional groups attached to an aromatic ring is 1. The Morgan fingerprint density at radius 1 is 1.20 bits per heavy atom. The number of esters is 1. The van der Waals surface area contributed by atoms with Gasteiger partial charge < -0.3 is 15.2 Å². The Balaban J connectivity index is 2.39. The van der Waals surface area contributed by atoms with Crippen LogP contribution < -0.4 is 10.5 Å². The first-order valence-corrected chi connectivity index (χ1v) is 6.31. The third-order valence-corrected chi connectivity index (χ3v) is 3.08. The normalized spacial score (nSPS) is 10.2. The van der Waals surface area contributed by atoms with Crippen molar-refractivity contribution in [1.29, 1.82) is 0 Å². The molecule has 0 spiro atoms. The summed E-state index contributed by atoms with van der Waals surface area (Å²) in [6.07, 6.45) is 0. The lowest BCUT2D eigenvalue weighted by Gasteiger charge is -2.13. The van der Waals surface area contributed by atoms with Crippen molar-refractivity contribution >= 4 is 23.3 Å². The SMILES string of the molecule is COC(=O)c1cccc(Oc2cc(Cl)ccc2C)c1N. The van der Waals surface area contributed by atoms with E-state index in [2.05, 4.69) is 4.74 Å². The van der Waals surface area contributed by atoms with Crippen molar-refractivity contribution in [3.05, 3.63) is 52.5 Å². The van der Waals surface area contributed by atoms with E-state index in [1.165, 1.54) is 7.11 Å². The molecule has 0 atom stereocenters. The quantitative estimate of drug-likeness (QED) is 0.690. The molecule has 0 saturated carbocycles. The van der Waals surface area contributed by atoms with Gasteiger partial charge in [0.15, 0.2) is 5.75 Å². The van der Waals surface area contributed by atoms with Gasteiger partial charge >= 0.3 is 5.97 Å². The molecule has 0 saturated heterocycles. The van der Waals surface area contributed by atoms with Gasteiger partial charge in [-0.25, -0.2) is 4.79 Å². The fraction of sp³-hybridized carbons (Fsp3) is 0.133. The Morgan fingerprint density at radius 3 is 2.65 bits per heavy atom. The van der Waals surface area contributed by atoms with E-state index in [0.29, 0.717) is 16.5 Å². The largest absolute Gasteiger partial charge is 0.465 e. The molecule has 0 aliphatic carbocycles. The summed E-state index contributed by atoms with van der Waals surface area (Å²) in [6, 6.07) is 10.3. The molecule has 4 nitrogen and oxygen atoms in total. The van der Waals surface area contributed by atoms with Crippen LogP contribution in [0, 0.1) is 6.92 Å². The van der Waals surface area contributed by atoms with Gasteiger partial charge in [0.1, 0.15) is 5.75 Å². The first-order valence-electron chi connectivity index (χ1n) is 5.93. The van der Waals surface area contributed by atoms with Crippen LogP contribution in [0.2, 0.25) is 5.02 Å². The second-order valence-electron chi connectivity index (χ2n) is 4.22. The van der Waals surface area contributed by atoms with Crippen LogP contribution in [0.3, 0.4) is 0 Å². The fourth-order valence-electron chi connectivity index (χ4n) is 1.72. The van der Waals surface area contributed by atoms with Gasteiger partial charge in [-0.15, -0.1) is 0 Å². The summed E-state index contributed by atoms with van der Waals surface area (Å²) >= 11 is 5.94. The van der Waals surface area contributed by atoms with E-state index in [4.69, 9.17) is 22.1 Å². The minimum atomic E-state index is -0.504. The fourth-order valence-corrected chi connectivity index (χ4v) is 1.89. The highest BCUT2D eigenvalue weighted by molar-refractivity contribution is 6.30. The molecule has 0 fully saturated rings. The Labute approximate surface area is 122 Å². The Morgan fingerprint density at radius 2 is 1.95 bits per heavy atom. The third-order valence-electron chi connectivity index (χ3n) is 2.84. The molecule has 0 aromatic heterocycles. The van der Waals surface area contributed by atoms with E-state index in [0.717, 1.165) is 5.56 Å². The molecular formula is C15H14ClNO3. The summed E-state index contributed by atoms with van der Waals surface area (Å²) in [7, 11) is 1.30. The molecule has 2 aromatic carbocycles. The van der Waals surface area contributed by atoms with Crippen LogP contribution in [-0.4, -0.2) is 13.1 Å². The monoisotopic (exact) mass is 291 g/mol. The highest BCUT2D eigenvalue weighted by atomic mass is 35.5. The van der Waals surface area contributed by atoms with E-state index in [-0.39, 0.29) is 11.3 Å². The average Bonchev–Trinajstić information content (AvgIpc) is 2.44. The number of halogens is 1. The lowest BCUT2D eigenvalue weighted by atomic mass is 10.1. The van der Waals surface area contributed by atoms with Gasteiger partial charge in [-0.05, 0) is 36.8 Å². The number of para-hydroxylation sites is 1. The summed E-state index contributed by atoms with van der Waals surface area (Å²) in [4.78, 5) is 11.6.